The number of hydrogen-bond acceptors (Lipinski definition) is 3. The minimum Gasteiger partial charge on any atom is -0.492 e. The van der Waals surface area contributed by atoms with E-state index in [2.05, 4.69) is 57.5 Å². The third-order valence-corrected chi connectivity index (χ3v) is 4.81. The fourth-order valence-corrected chi connectivity index (χ4v) is 3.54. The van der Waals surface area contributed by atoms with Crippen molar-refractivity contribution in [2.75, 3.05) is 49.0 Å². The van der Waals surface area contributed by atoms with Crippen LogP contribution in [0.25, 0.3) is 21.5 Å². The highest BCUT2D eigenvalue weighted by molar-refractivity contribution is 14.0. The van der Waals surface area contributed by atoms with E-state index in [1.807, 2.05) is 0 Å². The van der Waals surface area contributed by atoms with Gasteiger partial charge in [0.15, 0.2) is 11.5 Å². The molecule has 0 spiro atoms. The molecule has 4 nitrogen and oxygen atoms in total. The first-order valence-electron chi connectivity index (χ1n) is 8.84. The van der Waals surface area contributed by atoms with Gasteiger partial charge in [-0.25, -0.2) is 0 Å². The van der Waals surface area contributed by atoms with Gasteiger partial charge in [0, 0.05) is 17.4 Å². The molecule has 0 saturated heterocycles. The third kappa shape index (κ3) is 4.09. The zero-order valence-electron chi connectivity index (χ0n) is 17.0. The monoisotopic (exact) mass is 482 g/mol. The Kier molecular flexibility index (Phi) is 6.81. The quantitative estimate of drug-likeness (QED) is 0.285. The van der Waals surface area contributed by atoms with Crippen LogP contribution < -0.4 is 14.2 Å². The molecule has 0 radical (unpaired) electrons. The number of halogens is 1. The van der Waals surface area contributed by atoms with Gasteiger partial charge in [-0.05, 0) is 16.2 Å². The van der Waals surface area contributed by atoms with Gasteiger partial charge in [0.05, 0.1) is 49.0 Å². The van der Waals surface area contributed by atoms with Crippen LogP contribution in [0.1, 0.15) is 5.56 Å². The Bertz CT molecular complexity index is 948. The van der Waals surface area contributed by atoms with Gasteiger partial charge >= 0.3 is 0 Å². The van der Waals surface area contributed by atoms with Gasteiger partial charge in [0.2, 0.25) is 5.75 Å². The van der Waals surface area contributed by atoms with Gasteiger partial charge in [-0.3, -0.25) is 0 Å². The van der Waals surface area contributed by atoms with E-state index in [1.54, 1.807) is 21.3 Å². The standard InChI is InChI=1S/C22H28NO3.HI/c1-23(2,3)14-13-18-17-12-11-15-9-7-8-10-16(15)19(17)21(25-5)22(26-6)20(18)24-4;/h7-12H,13-14H2,1-6H3;1H/q+1;. The summed E-state index contributed by atoms with van der Waals surface area (Å²) in [5.41, 5.74) is 1.17. The van der Waals surface area contributed by atoms with E-state index in [9.17, 15) is 0 Å². The molecule has 0 amide bonds. The van der Waals surface area contributed by atoms with Crippen molar-refractivity contribution in [2.45, 2.75) is 6.42 Å². The topological polar surface area (TPSA) is 27.7 Å². The van der Waals surface area contributed by atoms with Crippen LogP contribution in [0.4, 0.5) is 0 Å². The summed E-state index contributed by atoms with van der Waals surface area (Å²) in [6, 6.07) is 12.7. The molecule has 0 aliphatic heterocycles. The van der Waals surface area contributed by atoms with Gasteiger partial charge in [-0.15, -0.1) is 24.0 Å². The normalized spacial score (nSPS) is 11.3. The van der Waals surface area contributed by atoms with Crippen molar-refractivity contribution in [3.8, 4) is 17.2 Å². The second-order valence-electron chi connectivity index (χ2n) is 7.55. The van der Waals surface area contributed by atoms with Crippen molar-refractivity contribution >= 4 is 45.5 Å². The molecule has 0 aromatic heterocycles. The minimum absolute atomic E-state index is 0. The number of methoxy groups -OCH3 is 3. The largest absolute Gasteiger partial charge is 0.492 e. The van der Waals surface area contributed by atoms with E-state index < -0.39 is 0 Å². The molecule has 146 valence electrons. The first-order chi connectivity index (χ1) is 12.4. The maximum Gasteiger partial charge on any atom is 0.204 e. The summed E-state index contributed by atoms with van der Waals surface area (Å²) in [5, 5.41) is 4.59. The molecule has 0 N–H and O–H groups in total. The zero-order chi connectivity index (χ0) is 18.9. The lowest BCUT2D eigenvalue weighted by atomic mass is 9.94. The van der Waals surface area contributed by atoms with E-state index in [-0.39, 0.29) is 24.0 Å². The van der Waals surface area contributed by atoms with Gasteiger partial charge in [-0.2, -0.15) is 0 Å². The van der Waals surface area contributed by atoms with E-state index in [0.29, 0.717) is 5.75 Å². The first-order valence-corrected chi connectivity index (χ1v) is 8.84. The SMILES string of the molecule is COc1c(OC)c(OC)c2c(ccc3ccccc32)c1CC[N+](C)(C)C.I. The number of likely N-dealkylation sites (N-methyl/N-ethyl adjacent to an activating group) is 1. The highest BCUT2D eigenvalue weighted by Gasteiger charge is 2.24. The van der Waals surface area contributed by atoms with Crippen LogP contribution in [-0.2, 0) is 6.42 Å². The van der Waals surface area contributed by atoms with Gasteiger partial charge < -0.3 is 18.7 Å². The number of nitrogens with zero attached hydrogens (tertiary/aromatic N) is 1. The molecule has 3 aromatic carbocycles. The second kappa shape index (κ2) is 8.52. The number of fused-ring (bicyclic) bond motifs is 3. The lowest BCUT2D eigenvalue weighted by Crippen LogP contribution is -2.36. The van der Waals surface area contributed by atoms with E-state index >= 15 is 0 Å². The molecule has 0 atom stereocenters. The Morgan fingerprint density at radius 1 is 0.741 bits per heavy atom. The average Bonchev–Trinajstić information content (AvgIpc) is 2.63. The fourth-order valence-electron chi connectivity index (χ4n) is 3.54. The summed E-state index contributed by atoms with van der Waals surface area (Å²) in [7, 11) is 11.6. The summed E-state index contributed by atoms with van der Waals surface area (Å²) in [5.74, 6) is 2.15. The van der Waals surface area contributed by atoms with E-state index in [1.165, 1.54) is 10.9 Å². The Balaban J connectivity index is 0.00000261. The highest BCUT2D eigenvalue weighted by Crippen LogP contribution is 2.49. The number of benzene rings is 3. The Labute approximate surface area is 178 Å². The fraction of sp³-hybridized carbons (Fsp3) is 0.364. The van der Waals surface area contributed by atoms with Crippen molar-refractivity contribution in [2.24, 2.45) is 0 Å². The van der Waals surface area contributed by atoms with Crippen molar-refractivity contribution in [3.63, 3.8) is 0 Å². The molecule has 27 heavy (non-hydrogen) atoms. The van der Waals surface area contributed by atoms with Crippen LogP contribution >= 0.6 is 24.0 Å². The Morgan fingerprint density at radius 2 is 1.37 bits per heavy atom. The minimum atomic E-state index is 0. The van der Waals surface area contributed by atoms with Crippen LogP contribution in [0.2, 0.25) is 0 Å². The van der Waals surface area contributed by atoms with Gasteiger partial charge in [0.1, 0.15) is 0 Å². The van der Waals surface area contributed by atoms with E-state index in [0.717, 1.165) is 45.1 Å². The summed E-state index contributed by atoms with van der Waals surface area (Å²) in [6.07, 6.45) is 0.891. The van der Waals surface area contributed by atoms with Crippen molar-refractivity contribution in [1.82, 2.24) is 0 Å². The summed E-state index contributed by atoms with van der Waals surface area (Å²) in [4.78, 5) is 0. The van der Waals surface area contributed by atoms with Crippen molar-refractivity contribution in [3.05, 3.63) is 42.0 Å². The molecule has 5 heteroatoms. The Morgan fingerprint density at radius 3 is 1.96 bits per heavy atom. The van der Waals surface area contributed by atoms with Crippen LogP contribution in [0.3, 0.4) is 0 Å². The number of rotatable bonds is 6. The summed E-state index contributed by atoms with van der Waals surface area (Å²) >= 11 is 0. The second-order valence-corrected chi connectivity index (χ2v) is 7.55. The molecule has 0 saturated carbocycles. The molecular formula is C22H29INO3+. The number of hydrogen-bond donors (Lipinski definition) is 0. The van der Waals surface area contributed by atoms with Crippen molar-refractivity contribution in [1.29, 1.82) is 0 Å². The van der Waals surface area contributed by atoms with Crippen LogP contribution in [0, 0.1) is 0 Å². The van der Waals surface area contributed by atoms with Crippen LogP contribution in [0.15, 0.2) is 36.4 Å². The molecular weight excluding hydrogens is 453 g/mol. The molecule has 0 fully saturated rings. The summed E-state index contributed by atoms with van der Waals surface area (Å²) in [6.45, 7) is 0.994. The van der Waals surface area contributed by atoms with Crippen LogP contribution in [0.5, 0.6) is 17.2 Å². The predicted octanol–water partition coefficient (Wildman–Crippen LogP) is 4.89. The van der Waals surface area contributed by atoms with E-state index in [4.69, 9.17) is 14.2 Å². The summed E-state index contributed by atoms with van der Waals surface area (Å²) < 4.78 is 18.2. The maximum atomic E-state index is 5.79. The zero-order valence-corrected chi connectivity index (χ0v) is 19.3. The lowest BCUT2D eigenvalue weighted by molar-refractivity contribution is -0.870. The number of ether oxygens (including phenoxy) is 3. The third-order valence-electron chi connectivity index (χ3n) is 4.81. The number of quaternary nitrogens is 1. The average molecular weight is 482 g/mol. The van der Waals surface area contributed by atoms with Crippen LogP contribution in [-0.4, -0.2) is 53.5 Å². The molecule has 3 aromatic rings. The first kappa shape index (κ1) is 21.6. The molecule has 0 aliphatic carbocycles. The molecule has 3 rings (SSSR count). The maximum absolute atomic E-state index is 5.79. The van der Waals surface area contributed by atoms with Gasteiger partial charge in [0.25, 0.3) is 0 Å². The highest BCUT2D eigenvalue weighted by atomic mass is 127. The smallest absolute Gasteiger partial charge is 0.204 e. The molecule has 0 heterocycles. The molecule has 0 bridgehead atoms. The van der Waals surface area contributed by atoms with Gasteiger partial charge in [-0.1, -0.05) is 36.4 Å². The molecule has 0 unspecified atom stereocenters. The Hall–Kier alpha value is -1.73. The van der Waals surface area contributed by atoms with Crippen molar-refractivity contribution < 1.29 is 18.7 Å². The predicted molar refractivity (Wildman–Crippen MR) is 123 cm³/mol. The molecule has 0 aliphatic rings. The lowest BCUT2D eigenvalue weighted by Gasteiger charge is -2.26.